The molecule has 0 aliphatic carbocycles. The van der Waals surface area contributed by atoms with Crippen LogP contribution in [0.3, 0.4) is 0 Å². The fourth-order valence-electron chi connectivity index (χ4n) is 2.45. The van der Waals surface area contributed by atoms with Crippen LogP contribution in [0, 0.1) is 5.82 Å². The van der Waals surface area contributed by atoms with Gasteiger partial charge in [0.15, 0.2) is 11.6 Å². The van der Waals surface area contributed by atoms with E-state index >= 15 is 0 Å². The summed E-state index contributed by atoms with van der Waals surface area (Å²) in [5.74, 6) is -0.527. The Kier molecular flexibility index (Phi) is 6.33. The zero-order valence-corrected chi connectivity index (χ0v) is 15.3. The summed E-state index contributed by atoms with van der Waals surface area (Å²) in [5, 5.41) is 7.85. The Morgan fingerprint density at radius 3 is 2.42 bits per heavy atom. The minimum absolute atomic E-state index is 0.0286. The molecule has 0 bridgehead atoms. The summed E-state index contributed by atoms with van der Waals surface area (Å²) >= 11 is 0. The Labute approximate surface area is 152 Å². The van der Waals surface area contributed by atoms with Gasteiger partial charge in [-0.15, -0.1) is 0 Å². The zero-order valence-electron chi connectivity index (χ0n) is 14.5. The molecule has 0 unspecified atom stereocenters. The third-order valence-corrected chi connectivity index (χ3v) is 4.88. The topological polar surface area (TPSA) is 98.5 Å². The summed E-state index contributed by atoms with van der Waals surface area (Å²) in [5.41, 5.74) is 1.45. The molecule has 3 N–H and O–H groups in total. The van der Waals surface area contributed by atoms with E-state index in [1.807, 2.05) is 0 Å². The molecular weight excluding hydrogens is 359 g/mol. The second kappa shape index (κ2) is 8.29. The molecule has 0 saturated carbocycles. The lowest BCUT2D eigenvalue weighted by atomic mass is 10.1. The third kappa shape index (κ3) is 5.27. The predicted molar refractivity (Wildman–Crippen MR) is 95.6 cm³/mol. The van der Waals surface area contributed by atoms with Gasteiger partial charge in [0.05, 0.1) is 18.0 Å². The minimum atomic E-state index is -3.72. The van der Waals surface area contributed by atoms with Gasteiger partial charge >= 0.3 is 0 Å². The highest BCUT2D eigenvalue weighted by atomic mass is 32.2. The number of carbonyl (C=O) groups is 1. The maximum absolute atomic E-state index is 13.7. The van der Waals surface area contributed by atoms with Gasteiger partial charge in [0.2, 0.25) is 15.9 Å². The van der Waals surface area contributed by atoms with Crippen molar-refractivity contribution in [3.05, 3.63) is 59.4 Å². The first kappa shape index (κ1) is 19.9. The Morgan fingerprint density at radius 1 is 1.23 bits per heavy atom. The second-order valence-corrected chi connectivity index (χ2v) is 7.43. The van der Waals surface area contributed by atoms with Crippen molar-refractivity contribution >= 4 is 15.9 Å². The van der Waals surface area contributed by atoms with Gasteiger partial charge in [-0.3, -0.25) is 4.79 Å². The molecule has 2 aromatic carbocycles. The molecule has 2 rings (SSSR count). The number of sulfonamides is 1. The number of hydrogen-bond donors (Lipinski definition) is 2. The van der Waals surface area contributed by atoms with Gasteiger partial charge in [0.25, 0.3) is 0 Å². The summed E-state index contributed by atoms with van der Waals surface area (Å²) < 4.78 is 41.0. The SMILES string of the molecule is COc1ccc([C@H](C)NC(=O)CCc2ccc(S(N)(=O)=O)cc2)cc1F. The van der Waals surface area contributed by atoms with E-state index in [0.29, 0.717) is 12.0 Å². The summed E-state index contributed by atoms with van der Waals surface area (Å²) in [6.45, 7) is 1.76. The number of amides is 1. The van der Waals surface area contributed by atoms with Crippen LogP contribution in [0.2, 0.25) is 0 Å². The molecule has 0 aliphatic heterocycles. The molecular formula is C18H21FN2O4S. The van der Waals surface area contributed by atoms with E-state index in [4.69, 9.17) is 9.88 Å². The van der Waals surface area contributed by atoms with Crippen molar-refractivity contribution in [1.29, 1.82) is 0 Å². The van der Waals surface area contributed by atoms with Crippen LogP contribution in [0.1, 0.15) is 30.5 Å². The lowest BCUT2D eigenvalue weighted by Gasteiger charge is -2.15. The lowest BCUT2D eigenvalue weighted by Crippen LogP contribution is -2.26. The first-order valence-electron chi connectivity index (χ1n) is 7.95. The molecule has 0 spiro atoms. The molecule has 26 heavy (non-hydrogen) atoms. The number of aryl methyl sites for hydroxylation is 1. The highest BCUT2D eigenvalue weighted by molar-refractivity contribution is 7.89. The van der Waals surface area contributed by atoms with E-state index in [1.54, 1.807) is 25.1 Å². The quantitative estimate of drug-likeness (QED) is 0.770. The number of nitrogens with one attached hydrogen (secondary N) is 1. The maximum atomic E-state index is 13.7. The average Bonchev–Trinajstić information content (AvgIpc) is 2.59. The van der Waals surface area contributed by atoms with E-state index in [0.717, 1.165) is 5.56 Å². The fourth-order valence-corrected chi connectivity index (χ4v) is 2.97. The van der Waals surface area contributed by atoms with Gasteiger partial charge in [0, 0.05) is 6.42 Å². The number of hydrogen-bond acceptors (Lipinski definition) is 4. The van der Waals surface area contributed by atoms with Crippen molar-refractivity contribution in [2.75, 3.05) is 7.11 Å². The van der Waals surface area contributed by atoms with Gasteiger partial charge < -0.3 is 10.1 Å². The van der Waals surface area contributed by atoms with Crippen LogP contribution in [0.5, 0.6) is 5.75 Å². The molecule has 0 saturated heterocycles. The van der Waals surface area contributed by atoms with E-state index in [2.05, 4.69) is 5.32 Å². The number of nitrogens with two attached hydrogens (primary N) is 1. The van der Waals surface area contributed by atoms with Crippen LogP contribution in [-0.4, -0.2) is 21.4 Å². The largest absolute Gasteiger partial charge is 0.494 e. The molecule has 6 nitrogen and oxygen atoms in total. The van der Waals surface area contributed by atoms with Crippen molar-refractivity contribution in [2.24, 2.45) is 5.14 Å². The Hall–Kier alpha value is -2.45. The Bertz CT molecular complexity index is 883. The molecule has 0 radical (unpaired) electrons. The first-order valence-corrected chi connectivity index (χ1v) is 9.50. The summed E-state index contributed by atoms with van der Waals surface area (Å²) in [6.07, 6.45) is 0.665. The van der Waals surface area contributed by atoms with Gasteiger partial charge in [-0.1, -0.05) is 18.2 Å². The van der Waals surface area contributed by atoms with E-state index in [9.17, 15) is 17.6 Å². The number of ether oxygens (including phenoxy) is 1. The van der Waals surface area contributed by atoms with Crippen molar-refractivity contribution in [1.82, 2.24) is 5.32 Å². The maximum Gasteiger partial charge on any atom is 0.238 e. The second-order valence-electron chi connectivity index (χ2n) is 5.87. The highest BCUT2D eigenvalue weighted by Gasteiger charge is 2.13. The number of benzene rings is 2. The average molecular weight is 380 g/mol. The van der Waals surface area contributed by atoms with Gasteiger partial charge in [-0.05, 0) is 48.7 Å². The van der Waals surface area contributed by atoms with Crippen LogP contribution in [0.4, 0.5) is 4.39 Å². The first-order chi connectivity index (χ1) is 12.2. The Morgan fingerprint density at radius 2 is 1.88 bits per heavy atom. The van der Waals surface area contributed by atoms with Crippen molar-refractivity contribution in [2.45, 2.75) is 30.7 Å². The number of halogens is 1. The van der Waals surface area contributed by atoms with Crippen molar-refractivity contribution in [3.63, 3.8) is 0 Å². The van der Waals surface area contributed by atoms with Gasteiger partial charge in [-0.25, -0.2) is 17.9 Å². The number of methoxy groups -OCH3 is 1. The van der Waals surface area contributed by atoms with Crippen LogP contribution < -0.4 is 15.2 Å². The number of carbonyl (C=O) groups excluding carboxylic acids is 1. The molecule has 0 aliphatic rings. The van der Waals surface area contributed by atoms with Crippen LogP contribution >= 0.6 is 0 Å². The summed E-state index contributed by atoms with van der Waals surface area (Å²) in [6, 6.07) is 10.2. The van der Waals surface area contributed by atoms with E-state index in [1.165, 1.54) is 31.4 Å². The minimum Gasteiger partial charge on any atom is -0.494 e. The van der Waals surface area contributed by atoms with Crippen molar-refractivity contribution < 1.29 is 22.3 Å². The predicted octanol–water partition coefficient (Wildman–Crippen LogP) is 2.29. The zero-order chi connectivity index (χ0) is 19.3. The summed E-state index contributed by atoms with van der Waals surface area (Å²) in [7, 11) is -2.34. The molecule has 1 amide bonds. The number of rotatable bonds is 7. The molecule has 0 heterocycles. The molecule has 0 aromatic heterocycles. The normalized spacial score (nSPS) is 12.5. The monoisotopic (exact) mass is 380 g/mol. The third-order valence-electron chi connectivity index (χ3n) is 3.95. The van der Waals surface area contributed by atoms with E-state index < -0.39 is 15.8 Å². The number of primary sulfonamides is 1. The van der Waals surface area contributed by atoms with Gasteiger partial charge in [-0.2, -0.15) is 0 Å². The fraction of sp³-hybridized carbons (Fsp3) is 0.278. The molecule has 140 valence electrons. The Balaban J connectivity index is 1.91. The van der Waals surface area contributed by atoms with Crippen LogP contribution in [-0.2, 0) is 21.2 Å². The van der Waals surface area contributed by atoms with Crippen LogP contribution in [0.15, 0.2) is 47.4 Å². The highest BCUT2D eigenvalue weighted by Crippen LogP contribution is 2.21. The van der Waals surface area contributed by atoms with Crippen molar-refractivity contribution in [3.8, 4) is 5.75 Å². The lowest BCUT2D eigenvalue weighted by molar-refractivity contribution is -0.121. The molecule has 2 aromatic rings. The molecule has 8 heteroatoms. The van der Waals surface area contributed by atoms with E-state index in [-0.39, 0.29) is 29.0 Å². The van der Waals surface area contributed by atoms with Crippen LogP contribution in [0.25, 0.3) is 0 Å². The smallest absolute Gasteiger partial charge is 0.238 e. The standard InChI is InChI=1S/C18H21FN2O4S/c1-12(14-6-9-17(25-2)16(19)11-14)21-18(22)10-5-13-3-7-15(8-4-13)26(20,23)24/h3-4,6-9,11-12H,5,10H2,1-2H3,(H,21,22)(H2,20,23,24)/t12-/m0/s1. The summed E-state index contributed by atoms with van der Waals surface area (Å²) in [4.78, 5) is 12.1. The molecule has 1 atom stereocenters. The van der Waals surface area contributed by atoms with Gasteiger partial charge in [0.1, 0.15) is 0 Å². The molecule has 0 fully saturated rings.